The van der Waals surface area contributed by atoms with Gasteiger partial charge in [0.1, 0.15) is 12.3 Å². The number of hydrogen-bond acceptors (Lipinski definition) is 4. The summed E-state index contributed by atoms with van der Waals surface area (Å²) in [5.41, 5.74) is 1.56. The number of anilines is 2. The third-order valence-electron chi connectivity index (χ3n) is 4.59. The molecule has 1 N–H and O–H groups in total. The summed E-state index contributed by atoms with van der Waals surface area (Å²) in [6.45, 7) is 3.47. The van der Waals surface area contributed by atoms with Gasteiger partial charge in [0.15, 0.2) is 0 Å². The Bertz CT molecular complexity index is 1210. The smallest absolute Gasteiger partial charge is 0.264 e. The highest BCUT2D eigenvalue weighted by Crippen LogP contribution is 2.33. The van der Waals surface area contributed by atoms with Crippen molar-refractivity contribution in [2.75, 3.05) is 22.8 Å². The first-order valence-corrected chi connectivity index (χ1v) is 12.0. The van der Waals surface area contributed by atoms with Gasteiger partial charge in [-0.3, -0.25) is 9.10 Å². The summed E-state index contributed by atoms with van der Waals surface area (Å²) in [5.74, 6) is -0.165. The van der Waals surface area contributed by atoms with Gasteiger partial charge in [0.05, 0.1) is 17.2 Å². The van der Waals surface area contributed by atoms with Crippen LogP contribution in [0.15, 0.2) is 71.6 Å². The van der Waals surface area contributed by atoms with Crippen molar-refractivity contribution in [3.63, 3.8) is 0 Å². The van der Waals surface area contributed by atoms with E-state index < -0.39 is 22.5 Å². The van der Waals surface area contributed by atoms with Crippen LogP contribution in [-0.2, 0) is 14.8 Å². The summed E-state index contributed by atoms with van der Waals surface area (Å²) < 4.78 is 33.7. The highest BCUT2D eigenvalue weighted by Gasteiger charge is 2.29. The molecule has 1 amide bonds. The number of rotatable bonds is 8. The summed E-state index contributed by atoms with van der Waals surface area (Å²) in [5, 5.41) is 3.70. The molecule has 168 valence electrons. The van der Waals surface area contributed by atoms with Crippen LogP contribution in [0.4, 0.5) is 11.4 Å². The van der Waals surface area contributed by atoms with Crippen LogP contribution >= 0.6 is 23.2 Å². The number of carbonyl (C=O) groups is 1. The Hall–Kier alpha value is -2.74. The minimum atomic E-state index is -4.10. The Labute approximate surface area is 197 Å². The maximum Gasteiger partial charge on any atom is 0.264 e. The predicted molar refractivity (Wildman–Crippen MR) is 128 cm³/mol. The van der Waals surface area contributed by atoms with Gasteiger partial charge in [-0.15, -0.1) is 0 Å². The first kappa shape index (κ1) is 23.9. The lowest BCUT2D eigenvalue weighted by molar-refractivity contribution is -0.114. The molecule has 0 radical (unpaired) electrons. The minimum absolute atomic E-state index is 0.00340. The molecule has 0 aliphatic rings. The van der Waals surface area contributed by atoms with Gasteiger partial charge >= 0.3 is 0 Å². The Morgan fingerprint density at radius 3 is 2.31 bits per heavy atom. The van der Waals surface area contributed by atoms with Crippen molar-refractivity contribution in [1.29, 1.82) is 0 Å². The summed E-state index contributed by atoms with van der Waals surface area (Å²) in [6, 6.07) is 17.5. The largest absolute Gasteiger partial charge is 0.492 e. The quantitative estimate of drug-likeness (QED) is 0.448. The average Bonchev–Trinajstić information content (AvgIpc) is 2.75. The number of ether oxygens (including phenoxy) is 1. The molecule has 3 aromatic rings. The van der Waals surface area contributed by atoms with E-state index in [0.29, 0.717) is 28.1 Å². The van der Waals surface area contributed by atoms with E-state index in [1.165, 1.54) is 24.3 Å². The summed E-state index contributed by atoms with van der Waals surface area (Å²) >= 11 is 11.9. The van der Waals surface area contributed by atoms with Crippen molar-refractivity contribution in [3.8, 4) is 5.75 Å². The molecule has 0 aliphatic carbocycles. The fraction of sp³-hybridized carbons (Fsp3) is 0.174. The Kier molecular flexibility index (Phi) is 7.66. The van der Waals surface area contributed by atoms with Crippen molar-refractivity contribution in [2.24, 2.45) is 0 Å². The number of nitrogens with one attached hydrogen (secondary N) is 1. The van der Waals surface area contributed by atoms with E-state index in [9.17, 15) is 13.2 Å². The summed E-state index contributed by atoms with van der Waals surface area (Å²) in [4.78, 5) is 12.9. The standard InChI is InChI=1S/C23H22Cl2N2O4S/c1-3-31-22-7-5-4-6-21(22)27(32(29,30)19-11-8-17(24)9-12-19)15-23(28)26-20-13-10-18(25)14-16(20)2/h4-14H,3,15H2,1-2H3,(H,26,28). The lowest BCUT2D eigenvalue weighted by atomic mass is 10.2. The predicted octanol–water partition coefficient (Wildman–Crippen LogP) is 5.53. The second-order valence-corrected chi connectivity index (χ2v) is 9.61. The molecule has 0 saturated heterocycles. The van der Waals surface area contributed by atoms with Crippen molar-refractivity contribution in [2.45, 2.75) is 18.7 Å². The monoisotopic (exact) mass is 492 g/mol. The molecule has 0 heterocycles. The molecule has 3 rings (SSSR count). The van der Waals surface area contributed by atoms with Gasteiger partial charge in [-0.25, -0.2) is 8.42 Å². The third-order valence-corrected chi connectivity index (χ3v) is 6.85. The maximum atomic E-state index is 13.5. The molecule has 0 saturated carbocycles. The number of aryl methyl sites for hydroxylation is 1. The maximum absolute atomic E-state index is 13.5. The topological polar surface area (TPSA) is 75.7 Å². The third kappa shape index (κ3) is 5.54. The van der Waals surface area contributed by atoms with Crippen LogP contribution in [0, 0.1) is 6.92 Å². The number of amides is 1. The number of para-hydroxylation sites is 2. The molecule has 0 fully saturated rings. The van der Waals surface area contributed by atoms with Gasteiger partial charge in [0.25, 0.3) is 10.0 Å². The molecule has 0 bridgehead atoms. The number of halogens is 2. The van der Waals surface area contributed by atoms with Gasteiger partial charge in [-0.2, -0.15) is 0 Å². The first-order valence-electron chi connectivity index (χ1n) is 9.78. The molecule has 0 spiro atoms. The van der Waals surface area contributed by atoms with E-state index in [4.69, 9.17) is 27.9 Å². The van der Waals surface area contributed by atoms with Gasteiger partial charge in [-0.05, 0) is 74.0 Å². The highest BCUT2D eigenvalue weighted by atomic mass is 35.5. The zero-order chi connectivity index (χ0) is 23.3. The van der Waals surface area contributed by atoms with Crippen LogP contribution in [0.1, 0.15) is 12.5 Å². The van der Waals surface area contributed by atoms with E-state index in [1.807, 2.05) is 0 Å². The van der Waals surface area contributed by atoms with Gasteiger partial charge in [-0.1, -0.05) is 35.3 Å². The zero-order valence-corrected chi connectivity index (χ0v) is 19.8. The van der Waals surface area contributed by atoms with Crippen LogP contribution in [0.3, 0.4) is 0 Å². The first-order chi connectivity index (χ1) is 15.2. The van der Waals surface area contributed by atoms with E-state index in [1.54, 1.807) is 56.3 Å². The lowest BCUT2D eigenvalue weighted by Crippen LogP contribution is -2.38. The fourth-order valence-electron chi connectivity index (χ4n) is 3.06. The van der Waals surface area contributed by atoms with Crippen LogP contribution in [0.2, 0.25) is 10.0 Å². The minimum Gasteiger partial charge on any atom is -0.492 e. The van der Waals surface area contributed by atoms with E-state index in [0.717, 1.165) is 9.87 Å². The van der Waals surface area contributed by atoms with Crippen molar-refractivity contribution >= 4 is 50.5 Å². The van der Waals surface area contributed by atoms with Gasteiger partial charge in [0, 0.05) is 15.7 Å². The number of hydrogen-bond donors (Lipinski definition) is 1. The van der Waals surface area contributed by atoms with Crippen LogP contribution in [-0.4, -0.2) is 27.5 Å². The molecule has 32 heavy (non-hydrogen) atoms. The van der Waals surface area contributed by atoms with Crippen molar-refractivity contribution in [1.82, 2.24) is 0 Å². The lowest BCUT2D eigenvalue weighted by Gasteiger charge is -2.26. The normalized spacial score (nSPS) is 11.1. The molecule has 0 aliphatic heterocycles. The highest BCUT2D eigenvalue weighted by molar-refractivity contribution is 7.92. The van der Waals surface area contributed by atoms with Crippen LogP contribution < -0.4 is 14.4 Å². The molecule has 0 unspecified atom stereocenters. The second-order valence-electron chi connectivity index (χ2n) is 6.87. The van der Waals surface area contributed by atoms with Gasteiger partial charge in [0.2, 0.25) is 5.91 Å². The Morgan fingerprint density at radius 1 is 1.00 bits per heavy atom. The average molecular weight is 493 g/mol. The number of benzene rings is 3. The van der Waals surface area contributed by atoms with Crippen LogP contribution in [0.25, 0.3) is 0 Å². The zero-order valence-electron chi connectivity index (χ0n) is 17.5. The molecule has 0 atom stereocenters. The molecular weight excluding hydrogens is 471 g/mol. The Morgan fingerprint density at radius 2 is 1.66 bits per heavy atom. The number of sulfonamides is 1. The second kappa shape index (κ2) is 10.3. The molecule has 9 heteroatoms. The van der Waals surface area contributed by atoms with Crippen LogP contribution in [0.5, 0.6) is 5.75 Å². The summed E-state index contributed by atoms with van der Waals surface area (Å²) in [7, 11) is -4.10. The van der Waals surface area contributed by atoms with E-state index in [2.05, 4.69) is 5.32 Å². The molecule has 0 aromatic heterocycles. The SMILES string of the molecule is CCOc1ccccc1N(CC(=O)Nc1ccc(Cl)cc1C)S(=O)(=O)c1ccc(Cl)cc1. The Balaban J connectivity index is 2.01. The molecule has 6 nitrogen and oxygen atoms in total. The van der Waals surface area contributed by atoms with Crippen molar-refractivity contribution < 1.29 is 17.9 Å². The number of nitrogens with zero attached hydrogens (tertiary/aromatic N) is 1. The summed E-state index contributed by atoms with van der Waals surface area (Å²) in [6.07, 6.45) is 0. The van der Waals surface area contributed by atoms with E-state index >= 15 is 0 Å². The molecule has 3 aromatic carbocycles. The van der Waals surface area contributed by atoms with E-state index in [-0.39, 0.29) is 10.6 Å². The van der Waals surface area contributed by atoms with Gasteiger partial charge < -0.3 is 10.1 Å². The number of carbonyl (C=O) groups excluding carboxylic acids is 1. The molecular formula is C23H22Cl2N2O4S. The van der Waals surface area contributed by atoms with Crippen molar-refractivity contribution in [3.05, 3.63) is 82.3 Å². The fourth-order valence-corrected chi connectivity index (χ4v) is 4.85.